The summed E-state index contributed by atoms with van der Waals surface area (Å²) < 4.78 is 39.5. The van der Waals surface area contributed by atoms with Crippen molar-refractivity contribution in [2.75, 3.05) is 24.3 Å². The second kappa shape index (κ2) is 12.5. The fourth-order valence-corrected chi connectivity index (χ4v) is 5.46. The molecule has 0 bridgehead atoms. The van der Waals surface area contributed by atoms with Crippen LogP contribution < -0.4 is 14.8 Å². The summed E-state index contributed by atoms with van der Waals surface area (Å²) >= 11 is 6.77. The van der Waals surface area contributed by atoms with Crippen LogP contribution >= 0.6 is 23.1 Å². The highest BCUT2D eigenvalue weighted by molar-refractivity contribution is 7.91. The van der Waals surface area contributed by atoms with Crippen LogP contribution in [0.2, 0.25) is 5.02 Å². The zero-order chi connectivity index (χ0) is 26.1. The Morgan fingerprint density at radius 1 is 1.17 bits per heavy atom. The minimum Gasteiger partial charge on any atom is -0.490 e. The van der Waals surface area contributed by atoms with Gasteiger partial charge in [-0.3, -0.25) is 10.1 Å². The molecule has 0 saturated carbocycles. The summed E-state index contributed by atoms with van der Waals surface area (Å²) in [6.07, 6.45) is 1.40. The van der Waals surface area contributed by atoms with Crippen LogP contribution in [0.1, 0.15) is 19.4 Å². The Labute approximate surface area is 218 Å². The van der Waals surface area contributed by atoms with E-state index in [1.165, 1.54) is 6.08 Å². The number of rotatable bonds is 11. The molecule has 0 saturated heterocycles. The molecular formula is C24H23ClN4O5S2. The number of anilines is 1. The Hall–Kier alpha value is -3.46. The fourth-order valence-electron chi connectivity index (χ4n) is 2.91. The van der Waals surface area contributed by atoms with Gasteiger partial charge in [-0.05, 0) is 41.8 Å². The Balaban J connectivity index is 1.56. The lowest BCUT2D eigenvalue weighted by molar-refractivity contribution is -0.112. The molecule has 0 aliphatic rings. The standard InChI is InChI=1S/C24H23ClN4O5S2/c1-16(2)15-36(31,32)24-28-23(35-29-24)27-22(30)18(14-26)13-17-7-9-19(10-8-17)33-11-12-34-21-6-4-3-5-20(21)25/h3-10,13,16H,11-12,15H2,1-2H3,(H,27,28,29,30)/b18-13-. The van der Waals surface area contributed by atoms with Crippen LogP contribution in [0.15, 0.2) is 59.3 Å². The predicted octanol–water partition coefficient (Wildman–Crippen LogP) is 4.62. The van der Waals surface area contributed by atoms with E-state index in [2.05, 4.69) is 14.7 Å². The average molecular weight is 547 g/mol. The van der Waals surface area contributed by atoms with Gasteiger partial charge in [0.25, 0.3) is 11.1 Å². The maximum atomic E-state index is 12.5. The van der Waals surface area contributed by atoms with Crippen molar-refractivity contribution in [3.63, 3.8) is 0 Å². The second-order valence-electron chi connectivity index (χ2n) is 7.88. The van der Waals surface area contributed by atoms with Gasteiger partial charge in [0.1, 0.15) is 36.4 Å². The Kier molecular flexibility index (Phi) is 9.41. The minimum atomic E-state index is -3.65. The third-order valence-electron chi connectivity index (χ3n) is 4.46. The van der Waals surface area contributed by atoms with Crippen LogP contribution in [0, 0.1) is 17.2 Å². The Morgan fingerprint density at radius 3 is 2.53 bits per heavy atom. The van der Waals surface area contributed by atoms with Gasteiger partial charge in [-0.15, -0.1) is 0 Å². The number of amides is 1. The molecule has 0 spiro atoms. The number of carbonyl (C=O) groups is 1. The van der Waals surface area contributed by atoms with Crippen molar-refractivity contribution in [2.24, 2.45) is 5.92 Å². The van der Waals surface area contributed by atoms with Gasteiger partial charge in [0.15, 0.2) is 0 Å². The lowest BCUT2D eigenvalue weighted by atomic mass is 10.1. The molecule has 0 radical (unpaired) electrons. The number of benzene rings is 2. The number of para-hydroxylation sites is 1. The number of nitrogens with one attached hydrogen (secondary N) is 1. The monoisotopic (exact) mass is 546 g/mol. The van der Waals surface area contributed by atoms with Crippen molar-refractivity contribution >= 4 is 50.1 Å². The molecule has 1 amide bonds. The zero-order valence-corrected chi connectivity index (χ0v) is 21.9. The van der Waals surface area contributed by atoms with Crippen molar-refractivity contribution in [1.29, 1.82) is 5.26 Å². The number of nitriles is 1. The van der Waals surface area contributed by atoms with Crippen LogP contribution in [-0.2, 0) is 14.6 Å². The van der Waals surface area contributed by atoms with E-state index in [1.54, 1.807) is 50.2 Å². The summed E-state index contributed by atoms with van der Waals surface area (Å²) in [5.74, 6) is 0.241. The van der Waals surface area contributed by atoms with Crippen LogP contribution in [0.3, 0.4) is 0 Å². The van der Waals surface area contributed by atoms with Gasteiger partial charge in [0, 0.05) is 11.5 Å². The second-order valence-corrected chi connectivity index (χ2v) is 11.0. The first kappa shape index (κ1) is 27.1. The molecule has 0 atom stereocenters. The lowest BCUT2D eigenvalue weighted by Gasteiger charge is -2.09. The number of carbonyl (C=O) groups excluding carboxylic acids is 1. The largest absolute Gasteiger partial charge is 0.490 e. The zero-order valence-electron chi connectivity index (χ0n) is 19.5. The molecule has 1 aromatic heterocycles. The first-order valence-corrected chi connectivity index (χ1v) is 13.6. The summed E-state index contributed by atoms with van der Waals surface area (Å²) in [6, 6.07) is 15.8. The number of halogens is 1. The van der Waals surface area contributed by atoms with E-state index < -0.39 is 15.7 Å². The molecule has 0 unspecified atom stereocenters. The third-order valence-corrected chi connectivity index (χ3v) is 7.36. The first-order chi connectivity index (χ1) is 17.2. The molecule has 3 rings (SSSR count). The van der Waals surface area contributed by atoms with Gasteiger partial charge in [-0.25, -0.2) is 8.42 Å². The van der Waals surface area contributed by atoms with E-state index in [9.17, 15) is 18.5 Å². The van der Waals surface area contributed by atoms with Crippen molar-refractivity contribution in [1.82, 2.24) is 9.36 Å². The molecule has 1 N–H and O–H groups in total. The van der Waals surface area contributed by atoms with E-state index in [-0.39, 0.29) is 27.5 Å². The average Bonchev–Trinajstić information content (AvgIpc) is 3.31. The van der Waals surface area contributed by atoms with E-state index >= 15 is 0 Å². The SMILES string of the molecule is CC(C)CS(=O)(=O)c1nsc(NC(=O)/C(C#N)=C\c2ccc(OCCOc3ccccc3Cl)cc2)n1. The quantitative estimate of drug-likeness (QED) is 0.209. The highest BCUT2D eigenvalue weighted by Crippen LogP contribution is 2.23. The van der Waals surface area contributed by atoms with Crippen molar-refractivity contribution in [3.05, 3.63) is 64.7 Å². The van der Waals surface area contributed by atoms with E-state index in [4.69, 9.17) is 21.1 Å². The molecular weight excluding hydrogens is 524 g/mol. The third kappa shape index (κ3) is 7.78. The summed E-state index contributed by atoms with van der Waals surface area (Å²) in [7, 11) is -3.65. The lowest BCUT2D eigenvalue weighted by Crippen LogP contribution is -2.15. The molecule has 9 nitrogen and oxygen atoms in total. The van der Waals surface area contributed by atoms with Crippen LogP contribution in [0.5, 0.6) is 11.5 Å². The van der Waals surface area contributed by atoms with E-state index in [1.807, 2.05) is 18.2 Å². The first-order valence-electron chi connectivity index (χ1n) is 10.8. The molecule has 12 heteroatoms. The van der Waals surface area contributed by atoms with Gasteiger partial charge < -0.3 is 9.47 Å². The summed E-state index contributed by atoms with van der Waals surface area (Å²) in [5, 5.41) is 12.0. The Bertz CT molecular complexity index is 1380. The highest BCUT2D eigenvalue weighted by Gasteiger charge is 2.23. The Morgan fingerprint density at radius 2 is 1.86 bits per heavy atom. The normalized spacial score (nSPS) is 11.7. The number of hydrogen-bond acceptors (Lipinski definition) is 9. The van der Waals surface area contributed by atoms with E-state index in [0.29, 0.717) is 35.3 Å². The number of hydrogen-bond donors (Lipinski definition) is 1. The fraction of sp³-hybridized carbons (Fsp3) is 0.250. The molecule has 188 valence electrons. The van der Waals surface area contributed by atoms with Gasteiger partial charge in [-0.1, -0.05) is 49.7 Å². The maximum Gasteiger partial charge on any atom is 0.268 e. The topological polar surface area (TPSA) is 131 Å². The number of aromatic nitrogens is 2. The van der Waals surface area contributed by atoms with Gasteiger partial charge in [0.05, 0.1) is 10.8 Å². The highest BCUT2D eigenvalue weighted by atomic mass is 35.5. The van der Waals surface area contributed by atoms with Crippen LogP contribution in [0.4, 0.5) is 5.13 Å². The van der Waals surface area contributed by atoms with Crippen molar-refractivity contribution < 1.29 is 22.7 Å². The van der Waals surface area contributed by atoms with Crippen molar-refractivity contribution in [2.45, 2.75) is 19.0 Å². The summed E-state index contributed by atoms with van der Waals surface area (Å²) in [4.78, 5) is 16.4. The molecule has 0 aliphatic heterocycles. The van der Waals surface area contributed by atoms with Crippen molar-refractivity contribution in [3.8, 4) is 17.6 Å². The molecule has 0 fully saturated rings. The molecule has 36 heavy (non-hydrogen) atoms. The van der Waals surface area contributed by atoms with E-state index in [0.717, 1.165) is 11.5 Å². The smallest absolute Gasteiger partial charge is 0.268 e. The minimum absolute atomic E-state index is 0.00811. The molecule has 2 aromatic carbocycles. The maximum absolute atomic E-state index is 12.5. The van der Waals surface area contributed by atoms with Gasteiger partial charge in [0.2, 0.25) is 15.0 Å². The number of ether oxygens (including phenoxy) is 2. The van der Waals surface area contributed by atoms with Gasteiger partial charge in [-0.2, -0.15) is 14.6 Å². The summed E-state index contributed by atoms with van der Waals surface area (Å²) in [5.41, 5.74) is 0.414. The van der Waals surface area contributed by atoms with Gasteiger partial charge >= 0.3 is 0 Å². The summed E-state index contributed by atoms with van der Waals surface area (Å²) in [6.45, 7) is 4.14. The van der Waals surface area contributed by atoms with Crippen LogP contribution in [-0.4, -0.2) is 42.6 Å². The molecule has 3 aromatic rings. The predicted molar refractivity (Wildman–Crippen MR) is 138 cm³/mol. The molecule has 1 heterocycles. The van der Waals surface area contributed by atoms with Crippen LogP contribution in [0.25, 0.3) is 6.08 Å². The molecule has 0 aliphatic carbocycles. The number of sulfone groups is 1. The number of nitrogens with zero attached hydrogens (tertiary/aromatic N) is 3.